The van der Waals surface area contributed by atoms with Crippen LogP contribution in [-0.4, -0.2) is 33.5 Å². The van der Waals surface area contributed by atoms with Crippen LogP contribution in [0.1, 0.15) is 0 Å². The number of thioether (sulfide) groups is 1. The standard InChI is InChI=1S/C23H19BrN4O2S/c1-30-18-13-11-17(12-14-18)28-22(16-7-3-2-4-8-16)26-27-23(28)31-15-21(29)25-20-10-6-5-9-19(20)24/h2-14H,15H2,1H3,(H,25,29). The summed E-state index contributed by atoms with van der Waals surface area (Å²) in [5, 5.41) is 12.3. The molecule has 156 valence electrons. The molecule has 0 aliphatic carbocycles. The number of rotatable bonds is 7. The summed E-state index contributed by atoms with van der Waals surface area (Å²) in [7, 11) is 1.63. The molecular formula is C23H19BrN4O2S. The third kappa shape index (κ3) is 4.98. The Bertz CT molecular complexity index is 1180. The van der Waals surface area contributed by atoms with Crippen molar-refractivity contribution >= 4 is 39.3 Å². The molecular weight excluding hydrogens is 476 g/mol. The molecule has 1 heterocycles. The van der Waals surface area contributed by atoms with Crippen molar-refractivity contribution in [1.82, 2.24) is 14.8 Å². The number of hydrogen-bond acceptors (Lipinski definition) is 5. The molecule has 1 N–H and O–H groups in total. The molecule has 0 atom stereocenters. The first-order valence-corrected chi connectivity index (χ1v) is 11.3. The van der Waals surface area contributed by atoms with Gasteiger partial charge in [0, 0.05) is 15.7 Å². The molecule has 0 bridgehead atoms. The highest BCUT2D eigenvalue weighted by atomic mass is 79.9. The summed E-state index contributed by atoms with van der Waals surface area (Å²) in [6.45, 7) is 0. The van der Waals surface area contributed by atoms with Crippen LogP contribution in [0.5, 0.6) is 5.75 Å². The Morgan fingerprint density at radius 3 is 2.42 bits per heavy atom. The summed E-state index contributed by atoms with van der Waals surface area (Å²) in [5.74, 6) is 1.55. The van der Waals surface area contributed by atoms with Gasteiger partial charge in [0.05, 0.1) is 18.6 Å². The molecule has 8 heteroatoms. The minimum Gasteiger partial charge on any atom is -0.497 e. The number of aromatic nitrogens is 3. The lowest BCUT2D eigenvalue weighted by atomic mass is 10.2. The van der Waals surface area contributed by atoms with Crippen molar-refractivity contribution in [2.24, 2.45) is 0 Å². The van der Waals surface area contributed by atoms with Gasteiger partial charge >= 0.3 is 0 Å². The number of nitrogens with one attached hydrogen (secondary N) is 1. The third-order valence-corrected chi connectivity index (χ3v) is 6.10. The molecule has 4 rings (SSSR count). The third-order valence-electron chi connectivity index (χ3n) is 4.48. The summed E-state index contributed by atoms with van der Waals surface area (Å²) in [5.41, 5.74) is 2.56. The number of hydrogen-bond donors (Lipinski definition) is 1. The second kappa shape index (κ2) is 9.80. The van der Waals surface area contributed by atoms with E-state index in [1.807, 2.05) is 83.4 Å². The number of methoxy groups -OCH3 is 1. The van der Waals surface area contributed by atoms with Gasteiger partial charge in [-0.1, -0.05) is 54.2 Å². The average Bonchev–Trinajstić information content (AvgIpc) is 3.24. The number of amides is 1. The molecule has 1 aromatic heterocycles. The van der Waals surface area contributed by atoms with E-state index in [0.717, 1.165) is 27.2 Å². The predicted octanol–water partition coefficient (Wildman–Crippen LogP) is 5.44. The number of nitrogens with zero attached hydrogens (tertiary/aromatic N) is 3. The fourth-order valence-corrected chi connectivity index (χ4v) is 4.12. The number of carbonyl (C=O) groups is 1. The molecule has 0 saturated carbocycles. The Hall–Kier alpha value is -3.10. The van der Waals surface area contributed by atoms with E-state index >= 15 is 0 Å². The number of para-hydroxylation sites is 1. The lowest BCUT2D eigenvalue weighted by Crippen LogP contribution is -2.15. The lowest BCUT2D eigenvalue weighted by Gasteiger charge is -2.11. The SMILES string of the molecule is COc1ccc(-n2c(SCC(=O)Nc3ccccc3Br)nnc2-c2ccccc2)cc1. The zero-order valence-corrected chi connectivity index (χ0v) is 19.1. The van der Waals surface area contributed by atoms with Gasteiger partial charge in [0.1, 0.15) is 5.75 Å². The van der Waals surface area contributed by atoms with Gasteiger partial charge < -0.3 is 10.1 Å². The van der Waals surface area contributed by atoms with Gasteiger partial charge in [-0.3, -0.25) is 9.36 Å². The zero-order valence-electron chi connectivity index (χ0n) is 16.7. The Labute approximate surface area is 192 Å². The summed E-state index contributed by atoms with van der Waals surface area (Å²) >= 11 is 4.78. The van der Waals surface area contributed by atoms with E-state index in [4.69, 9.17) is 4.74 Å². The fourth-order valence-electron chi connectivity index (χ4n) is 2.98. The monoisotopic (exact) mass is 494 g/mol. The van der Waals surface area contributed by atoms with Crippen molar-refractivity contribution in [2.75, 3.05) is 18.2 Å². The Morgan fingerprint density at radius 2 is 1.71 bits per heavy atom. The van der Waals surface area contributed by atoms with Crippen molar-refractivity contribution in [1.29, 1.82) is 0 Å². The highest BCUT2D eigenvalue weighted by Gasteiger charge is 2.17. The van der Waals surface area contributed by atoms with Gasteiger partial charge in [-0.25, -0.2) is 0 Å². The molecule has 0 aliphatic heterocycles. The van der Waals surface area contributed by atoms with Crippen LogP contribution in [0.25, 0.3) is 17.1 Å². The van der Waals surface area contributed by atoms with Crippen molar-refractivity contribution in [3.05, 3.63) is 83.3 Å². The molecule has 0 aliphatic rings. The molecule has 1 amide bonds. The van der Waals surface area contributed by atoms with Gasteiger partial charge in [-0.05, 0) is 52.3 Å². The van der Waals surface area contributed by atoms with Crippen LogP contribution >= 0.6 is 27.7 Å². The molecule has 0 fully saturated rings. The van der Waals surface area contributed by atoms with Gasteiger partial charge in [-0.15, -0.1) is 10.2 Å². The van der Waals surface area contributed by atoms with E-state index in [0.29, 0.717) is 11.0 Å². The Morgan fingerprint density at radius 1 is 1.00 bits per heavy atom. The first-order valence-electron chi connectivity index (χ1n) is 9.48. The molecule has 0 unspecified atom stereocenters. The molecule has 0 spiro atoms. The summed E-state index contributed by atoms with van der Waals surface area (Å²) in [4.78, 5) is 12.5. The average molecular weight is 495 g/mol. The molecule has 3 aromatic carbocycles. The Balaban J connectivity index is 1.60. The maximum atomic E-state index is 12.5. The van der Waals surface area contributed by atoms with Crippen LogP contribution in [0.2, 0.25) is 0 Å². The van der Waals surface area contributed by atoms with Gasteiger partial charge in [-0.2, -0.15) is 0 Å². The van der Waals surface area contributed by atoms with Crippen LogP contribution in [0.15, 0.2) is 88.5 Å². The molecule has 0 saturated heterocycles. The van der Waals surface area contributed by atoms with Crippen molar-refractivity contribution < 1.29 is 9.53 Å². The lowest BCUT2D eigenvalue weighted by molar-refractivity contribution is -0.113. The molecule has 4 aromatic rings. The first kappa shape index (κ1) is 21.1. The summed E-state index contributed by atoms with van der Waals surface area (Å²) in [6, 6.07) is 25.0. The van der Waals surface area contributed by atoms with Crippen LogP contribution in [0.4, 0.5) is 5.69 Å². The highest BCUT2D eigenvalue weighted by molar-refractivity contribution is 9.10. The number of benzene rings is 3. The minimum absolute atomic E-state index is 0.123. The quantitative estimate of drug-likeness (QED) is 0.346. The fraction of sp³-hybridized carbons (Fsp3) is 0.0870. The molecule has 31 heavy (non-hydrogen) atoms. The predicted molar refractivity (Wildman–Crippen MR) is 127 cm³/mol. The van der Waals surface area contributed by atoms with Gasteiger partial charge in [0.2, 0.25) is 5.91 Å². The first-order chi connectivity index (χ1) is 15.2. The van der Waals surface area contributed by atoms with E-state index in [9.17, 15) is 4.79 Å². The number of anilines is 1. The maximum Gasteiger partial charge on any atom is 0.234 e. The number of carbonyl (C=O) groups excluding carboxylic acids is 1. The largest absolute Gasteiger partial charge is 0.497 e. The van der Waals surface area contributed by atoms with Crippen molar-refractivity contribution in [3.8, 4) is 22.8 Å². The molecule has 0 radical (unpaired) electrons. The summed E-state index contributed by atoms with van der Waals surface area (Å²) < 4.78 is 8.06. The van der Waals surface area contributed by atoms with E-state index < -0.39 is 0 Å². The normalized spacial score (nSPS) is 10.6. The summed E-state index contributed by atoms with van der Waals surface area (Å²) in [6.07, 6.45) is 0. The van der Waals surface area contributed by atoms with Crippen molar-refractivity contribution in [3.63, 3.8) is 0 Å². The van der Waals surface area contributed by atoms with Gasteiger partial charge in [0.25, 0.3) is 0 Å². The molecule has 6 nitrogen and oxygen atoms in total. The highest BCUT2D eigenvalue weighted by Crippen LogP contribution is 2.29. The zero-order chi connectivity index (χ0) is 21.6. The number of ether oxygens (including phenoxy) is 1. The van der Waals surface area contributed by atoms with Crippen LogP contribution in [0.3, 0.4) is 0 Å². The number of halogens is 1. The van der Waals surface area contributed by atoms with Crippen LogP contribution < -0.4 is 10.1 Å². The second-order valence-corrected chi connectivity index (χ2v) is 8.32. The van der Waals surface area contributed by atoms with E-state index in [1.54, 1.807) is 7.11 Å². The Kier molecular flexibility index (Phi) is 6.69. The smallest absolute Gasteiger partial charge is 0.234 e. The van der Waals surface area contributed by atoms with Gasteiger partial charge in [0.15, 0.2) is 11.0 Å². The van der Waals surface area contributed by atoms with E-state index in [1.165, 1.54) is 11.8 Å². The topological polar surface area (TPSA) is 69.0 Å². The maximum absolute atomic E-state index is 12.5. The van der Waals surface area contributed by atoms with Crippen LogP contribution in [0, 0.1) is 0 Å². The van der Waals surface area contributed by atoms with Crippen LogP contribution in [-0.2, 0) is 4.79 Å². The second-order valence-electron chi connectivity index (χ2n) is 6.52. The van der Waals surface area contributed by atoms with Crippen molar-refractivity contribution in [2.45, 2.75) is 5.16 Å². The van der Waals surface area contributed by atoms with E-state index in [-0.39, 0.29) is 11.7 Å². The van der Waals surface area contributed by atoms with E-state index in [2.05, 4.69) is 31.4 Å². The minimum atomic E-state index is -0.123.